The van der Waals surface area contributed by atoms with E-state index in [9.17, 15) is 0 Å². The summed E-state index contributed by atoms with van der Waals surface area (Å²) in [7, 11) is 0. The average Bonchev–Trinajstić information content (AvgIpc) is 3.04. The van der Waals surface area contributed by atoms with Gasteiger partial charge in [-0.15, -0.1) is 11.3 Å². The summed E-state index contributed by atoms with van der Waals surface area (Å²) in [6, 6.07) is 4.42. The summed E-state index contributed by atoms with van der Waals surface area (Å²) in [5.41, 5.74) is 2.48. The monoisotopic (exact) mass is 331 g/mol. The van der Waals surface area contributed by atoms with Crippen molar-refractivity contribution in [3.8, 4) is 0 Å². The van der Waals surface area contributed by atoms with Crippen LogP contribution in [0.3, 0.4) is 0 Å². The van der Waals surface area contributed by atoms with Gasteiger partial charge in [-0.1, -0.05) is 0 Å². The Morgan fingerprint density at radius 3 is 3.04 bits per heavy atom. The second kappa shape index (κ2) is 7.26. The predicted octanol–water partition coefficient (Wildman–Crippen LogP) is 2.84. The normalized spacial score (nSPS) is 24.3. The summed E-state index contributed by atoms with van der Waals surface area (Å²) < 4.78 is 6.77. The van der Waals surface area contributed by atoms with Gasteiger partial charge in [-0.2, -0.15) is 0 Å². The third-order valence-corrected chi connectivity index (χ3v) is 5.84. The van der Waals surface area contributed by atoms with E-state index >= 15 is 0 Å². The quantitative estimate of drug-likeness (QED) is 0.861. The number of nitrogens with zero attached hydrogens (tertiary/aromatic N) is 3. The Balaban J connectivity index is 1.34. The van der Waals surface area contributed by atoms with Gasteiger partial charge in [0.25, 0.3) is 0 Å². The molecule has 2 aliphatic heterocycles. The van der Waals surface area contributed by atoms with Crippen molar-refractivity contribution in [1.29, 1.82) is 0 Å². The molecule has 4 rings (SSSR count). The molecule has 4 heterocycles. The number of piperidine rings is 1. The highest BCUT2D eigenvalue weighted by molar-refractivity contribution is 7.17. The van der Waals surface area contributed by atoms with Gasteiger partial charge in [-0.25, -0.2) is 0 Å². The summed E-state index contributed by atoms with van der Waals surface area (Å²) in [4.78, 5) is 9.78. The molecule has 2 aliphatic rings. The third kappa shape index (κ3) is 3.91. The Morgan fingerprint density at radius 1 is 1.22 bits per heavy atom. The van der Waals surface area contributed by atoms with Crippen LogP contribution in [0.15, 0.2) is 23.7 Å². The first-order valence-corrected chi connectivity index (χ1v) is 9.59. The van der Waals surface area contributed by atoms with Crippen molar-refractivity contribution in [2.45, 2.75) is 19.4 Å². The van der Waals surface area contributed by atoms with Crippen molar-refractivity contribution in [1.82, 2.24) is 14.8 Å². The molecule has 4 nitrogen and oxygen atoms in total. The van der Waals surface area contributed by atoms with Crippen LogP contribution in [0.2, 0.25) is 0 Å². The number of hydrogen-bond donors (Lipinski definition) is 0. The zero-order chi connectivity index (χ0) is 15.5. The molecule has 0 bridgehead atoms. The fourth-order valence-electron chi connectivity index (χ4n) is 3.82. The van der Waals surface area contributed by atoms with Crippen molar-refractivity contribution >= 4 is 21.6 Å². The standard InChI is InChI=1S/C18H25N3OS/c1-2-15(12-20-5-7-22-8-6-20)13-21(4-1)14-16-10-18-17(19-11-16)3-9-23-18/h3,9-11,15H,1-2,4-8,12-14H2/t15-/m1/s1. The van der Waals surface area contributed by atoms with Crippen molar-refractivity contribution in [3.63, 3.8) is 0 Å². The van der Waals surface area contributed by atoms with E-state index in [1.165, 1.54) is 42.7 Å². The molecule has 5 heteroatoms. The van der Waals surface area contributed by atoms with E-state index in [1.807, 2.05) is 0 Å². The molecule has 1 atom stereocenters. The molecule has 0 radical (unpaired) electrons. The molecule has 0 saturated carbocycles. The molecular formula is C18H25N3OS. The van der Waals surface area contributed by atoms with E-state index in [0.717, 1.165) is 44.3 Å². The molecule has 2 saturated heterocycles. The Morgan fingerprint density at radius 2 is 2.13 bits per heavy atom. The highest BCUT2D eigenvalue weighted by Gasteiger charge is 2.23. The Labute approximate surface area is 142 Å². The first kappa shape index (κ1) is 15.5. The molecule has 0 N–H and O–H groups in total. The second-order valence-electron chi connectivity index (χ2n) is 6.80. The molecule has 2 aromatic heterocycles. The van der Waals surface area contributed by atoms with E-state index in [2.05, 4.69) is 38.5 Å². The molecule has 0 spiro atoms. The number of likely N-dealkylation sites (tertiary alicyclic amines) is 1. The van der Waals surface area contributed by atoms with Crippen LogP contribution in [-0.2, 0) is 11.3 Å². The van der Waals surface area contributed by atoms with E-state index in [4.69, 9.17) is 4.74 Å². The van der Waals surface area contributed by atoms with Crippen molar-refractivity contribution in [2.24, 2.45) is 5.92 Å². The van der Waals surface area contributed by atoms with E-state index in [-0.39, 0.29) is 0 Å². The fourth-order valence-corrected chi connectivity index (χ4v) is 4.63. The van der Waals surface area contributed by atoms with E-state index < -0.39 is 0 Å². The van der Waals surface area contributed by atoms with Gasteiger partial charge in [-0.3, -0.25) is 14.8 Å². The number of pyridine rings is 1. The van der Waals surface area contributed by atoms with E-state index in [0.29, 0.717) is 0 Å². The maximum absolute atomic E-state index is 5.46. The SMILES string of the molecule is c1cc2ncc(CN3CCC[C@H](CN4CCOCC4)C3)cc2s1. The highest BCUT2D eigenvalue weighted by Crippen LogP contribution is 2.23. The number of aromatic nitrogens is 1. The van der Waals surface area contributed by atoms with Gasteiger partial charge in [0.2, 0.25) is 0 Å². The minimum atomic E-state index is 0.806. The lowest BCUT2D eigenvalue weighted by atomic mass is 9.97. The Hall–Kier alpha value is -1.01. The van der Waals surface area contributed by atoms with Crippen LogP contribution in [-0.4, -0.2) is 60.7 Å². The minimum Gasteiger partial charge on any atom is -0.379 e. The van der Waals surface area contributed by atoms with Crippen LogP contribution in [0.1, 0.15) is 18.4 Å². The zero-order valence-electron chi connectivity index (χ0n) is 13.6. The van der Waals surface area contributed by atoms with Gasteiger partial charge in [0.05, 0.1) is 23.4 Å². The molecule has 2 aromatic rings. The number of hydrogen-bond acceptors (Lipinski definition) is 5. The van der Waals surface area contributed by atoms with E-state index in [1.54, 1.807) is 11.3 Å². The lowest BCUT2D eigenvalue weighted by molar-refractivity contribution is 0.0224. The molecule has 23 heavy (non-hydrogen) atoms. The number of thiophene rings is 1. The first-order valence-electron chi connectivity index (χ1n) is 8.71. The summed E-state index contributed by atoms with van der Waals surface area (Å²) >= 11 is 1.79. The van der Waals surface area contributed by atoms with Crippen molar-refractivity contribution in [3.05, 3.63) is 29.3 Å². The van der Waals surface area contributed by atoms with Crippen LogP contribution in [0.25, 0.3) is 10.2 Å². The maximum atomic E-state index is 5.46. The maximum Gasteiger partial charge on any atom is 0.0809 e. The fraction of sp³-hybridized carbons (Fsp3) is 0.611. The number of morpholine rings is 1. The predicted molar refractivity (Wildman–Crippen MR) is 94.9 cm³/mol. The second-order valence-corrected chi connectivity index (χ2v) is 7.75. The molecule has 0 aromatic carbocycles. The largest absolute Gasteiger partial charge is 0.379 e. The summed E-state index contributed by atoms with van der Waals surface area (Å²) in [6.07, 6.45) is 4.75. The topological polar surface area (TPSA) is 28.6 Å². The smallest absolute Gasteiger partial charge is 0.0809 e. The lowest BCUT2D eigenvalue weighted by Crippen LogP contribution is -2.44. The molecule has 124 valence electrons. The molecular weight excluding hydrogens is 306 g/mol. The highest BCUT2D eigenvalue weighted by atomic mass is 32.1. The van der Waals surface area contributed by atoms with Crippen LogP contribution in [0, 0.1) is 5.92 Å². The van der Waals surface area contributed by atoms with Gasteiger partial charge < -0.3 is 4.74 Å². The van der Waals surface area contributed by atoms with Gasteiger partial charge in [0, 0.05) is 38.9 Å². The Kier molecular flexibility index (Phi) is 4.90. The van der Waals surface area contributed by atoms with Gasteiger partial charge >= 0.3 is 0 Å². The third-order valence-electron chi connectivity index (χ3n) is 4.99. The summed E-state index contributed by atoms with van der Waals surface area (Å²) in [5.74, 6) is 0.806. The average molecular weight is 331 g/mol. The number of rotatable bonds is 4. The zero-order valence-corrected chi connectivity index (χ0v) is 14.4. The van der Waals surface area contributed by atoms with Crippen LogP contribution < -0.4 is 0 Å². The summed E-state index contributed by atoms with van der Waals surface area (Å²) in [6.45, 7) is 8.75. The number of fused-ring (bicyclic) bond motifs is 1. The number of ether oxygens (including phenoxy) is 1. The first-order chi connectivity index (χ1) is 11.4. The van der Waals surface area contributed by atoms with Gasteiger partial charge in [0.15, 0.2) is 0 Å². The van der Waals surface area contributed by atoms with Crippen molar-refractivity contribution < 1.29 is 4.74 Å². The van der Waals surface area contributed by atoms with Crippen molar-refractivity contribution in [2.75, 3.05) is 45.9 Å². The van der Waals surface area contributed by atoms with Crippen LogP contribution >= 0.6 is 11.3 Å². The molecule has 0 unspecified atom stereocenters. The lowest BCUT2D eigenvalue weighted by Gasteiger charge is -2.36. The molecule has 2 fully saturated rings. The Bertz CT molecular complexity index is 638. The summed E-state index contributed by atoms with van der Waals surface area (Å²) in [5, 5.41) is 2.13. The van der Waals surface area contributed by atoms with Gasteiger partial charge in [-0.05, 0) is 48.4 Å². The van der Waals surface area contributed by atoms with Gasteiger partial charge in [0.1, 0.15) is 0 Å². The molecule has 0 amide bonds. The van der Waals surface area contributed by atoms with Crippen LogP contribution in [0.4, 0.5) is 0 Å². The van der Waals surface area contributed by atoms with Crippen LogP contribution in [0.5, 0.6) is 0 Å². The molecule has 0 aliphatic carbocycles. The minimum absolute atomic E-state index is 0.806.